The van der Waals surface area contributed by atoms with Crippen LogP contribution in [0.2, 0.25) is 0 Å². The number of nitrogens with one attached hydrogen (secondary N) is 1. The van der Waals surface area contributed by atoms with E-state index in [1.165, 1.54) is 30.9 Å². The second kappa shape index (κ2) is 11.4. The molecule has 0 bridgehead atoms. The number of benzene rings is 1. The number of nitrogens with two attached hydrogens (primary N) is 1. The Morgan fingerprint density at radius 3 is 2.59 bits per heavy atom. The van der Waals surface area contributed by atoms with E-state index in [-0.39, 0.29) is 22.7 Å². The maximum atomic E-state index is 13.8. The van der Waals surface area contributed by atoms with Crippen LogP contribution in [0.5, 0.6) is 5.75 Å². The van der Waals surface area contributed by atoms with Crippen molar-refractivity contribution in [1.82, 2.24) is 19.7 Å². The SMILES string of the molecule is COC(=O)[C@H](C)NP(=O)(OC[C@H]1O[C@@](C#N)(c2ccc3c(N)ncnn23)[C@H](O)[C@@H]1O)Oc1ccc(C(C)(C)C)cc1. The number of nitrogens with zero attached hydrogens (tertiary/aromatic N) is 4. The summed E-state index contributed by atoms with van der Waals surface area (Å²) in [6, 6.07) is 10.7. The Labute approximate surface area is 236 Å². The topological polar surface area (TPSA) is 204 Å². The molecule has 1 aliphatic rings. The third-order valence-electron chi connectivity index (χ3n) is 6.75. The maximum Gasteiger partial charge on any atom is 0.459 e. The molecule has 1 fully saturated rings. The number of carbonyl (C=O) groups is 1. The fraction of sp³-hybridized carbons (Fsp3) is 0.462. The molecule has 1 aromatic carbocycles. The lowest BCUT2D eigenvalue weighted by Gasteiger charge is -2.25. The zero-order valence-electron chi connectivity index (χ0n) is 23.2. The fourth-order valence-corrected chi connectivity index (χ4v) is 5.94. The number of methoxy groups -OCH3 is 1. The van der Waals surface area contributed by atoms with Crippen LogP contribution in [0.1, 0.15) is 39.0 Å². The second-order valence-electron chi connectivity index (χ2n) is 10.6. The molecule has 4 rings (SSSR count). The first-order chi connectivity index (χ1) is 19.2. The third-order valence-corrected chi connectivity index (χ3v) is 8.39. The van der Waals surface area contributed by atoms with Crippen LogP contribution < -0.4 is 15.3 Å². The normalized spacial score (nSPS) is 24.9. The van der Waals surface area contributed by atoms with Gasteiger partial charge in [0.1, 0.15) is 48.0 Å². The van der Waals surface area contributed by atoms with Crippen molar-refractivity contribution in [3.05, 3.63) is 54.0 Å². The smallest absolute Gasteiger partial charge is 0.459 e. The van der Waals surface area contributed by atoms with Crippen molar-refractivity contribution in [2.75, 3.05) is 19.5 Å². The minimum Gasteiger partial charge on any atom is -0.468 e. The van der Waals surface area contributed by atoms with Crippen molar-refractivity contribution in [2.24, 2.45) is 0 Å². The molecule has 15 heteroatoms. The molecule has 14 nitrogen and oxygen atoms in total. The van der Waals surface area contributed by atoms with Crippen molar-refractivity contribution in [3.63, 3.8) is 0 Å². The zero-order valence-corrected chi connectivity index (χ0v) is 24.1. The van der Waals surface area contributed by atoms with Crippen molar-refractivity contribution < 1.29 is 38.1 Å². The summed E-state index contributed by atoms with van der Waals surface area (Å²) in [5.41, 5.74) is 5.13. The van der Waals surface area contributed by atoms with Gasteiger partial charge in [0, 0.05) is 0 Å². The van der Waals surface area contributed by atoms with Crippen LogP contribution in [0.15, 0.2) is 42.7 Å². The molecule has 220 valence electrons. The van der Waals surface area contributed by atoms with E-state index in [9.17, 15) is 24.8 Å². The van der Waals surface area contributed by atoms with Gasteiger partial charge < -0.3 is 29.9 Å². The van der Waals surface area contributed by atoms with Gasteiger partial charge >= 0.3 is 13.7 Å². The van der Waals surface area contributed by atoms with Crippen LogP contribution in [0.4, 0.5) is 5.82 Å². The molecule has 1 unspecified atom stereocenters. The van der Waals surface area contributed by atoms with Gasteiger partial charge in [-0.1, -0.05) is 32.9 Å². The number of aromatic nitrogens is 3. The van der Waals surface area contributed by atoms with E-state index in [4.69, 9.17) is 24.3 Å². The summed E-state index contributed by atoms with van der Waals surface area (Å²) in [4.78, 5) is 16.0. The van der Waals surface area contributed by atoms with Gasteiger partial charge in [0.25, 0.3) is 0 Å². The molecule has 3 aromatic rings. The van der Waals surface area contributed by atoms with E-state index in [2.05, 4.69) is 15.2 Å². The summed E-state index contributed by atoms with van der Waals surface area (Å²) in [5.74, 6) is -0.410. The summed E-state index contributed by atoms with van der Waals surface area (Å²) in [7, 11) is -3.15. The number of nitrogen functional groups attached to an aromatic ring is 1. The molecule has 6 atom stereocenters. The molecule has 0 aliphatic carbocycles. The number of carbonyl (C=O) groups excluding carboxylic acids is 1. The van der Waals surface area contributed by atoms with Crippen molar-refractivity contribution in [3.8, 4) is 11.8 Å². The highest BCUT2D eigenvalue weighted by atomic mass is 31.2. The summed E-state index contributed by atoms with van der Waals surface area (Å²) in [6.07, 6.45) is -3.56. The lowest BCUT2D eigenvalue weighted by Crippen LogP contribution is -2.41. The molecule has 0 amide bonds. The number of esters is 1. The number of rotatable bonds is 9. The second-order valence-corrected chi connectivity index (χ2v) is 12.3. The van der Waals surface area contributed by atoms with Gasteiger partial charge in [-0.05, 0) is 42.2 Å². The minimum atomic E-state index is -4.32. The average Bonchev–Trinajstić information content (AvgIpc) is 3.47. The lowest BCUT2D eigenvalue weighted by molar-refractivity contribution is -0.142. The number of hydrogen-bond acceptors (Lipinski definition) is 12. The highest BCUT2D eigenvalue weighted by Gasteiger charge is 2.58. The number of ether oxygens (including phenoxy) is 2. The number of anilines is 1. The van der Waals surface area contributed by atoms with E-state index >= 15 is 0 Å². The molecule has 5 N–H and O–H groups in total. The Morgan fingerprint density at radius 1 is 1.29 bits per heavy atom. The predicted octanol–water partition coefficient (Wildman–Crippen LogP) is 1.80. The number of aliphatic hydroxyl groups excluding tert-OH is 2. The summed E-state index contributed by atoms with van der Waals surface area (Å²) >= 11 is 0. The number of hydrogen-bond donors (Lipinski definition) is 4. The molecule has 1 aliphatic heterocycles. The van der Waals surface area contributed by atoms with E-state index in [1.807, 2.05) is 39.0 Å². The standard InChI is InChI=1S/C26H33N6O8P/c1-15(24(35)37-5)31-41(36,40-17-8-6-16(7-9-17)25(2,3)4)38-12-19-21(33)22(34)26(13-27,39-19)20-11-10-18-23(28)29-14-30-32(18)20/h6-11,14-15,19,21-22,33-34H,12H2,1-5H3,(H,31,36)(H2,28,29,30)/t15-,19+,21+,22+,26-,41?/m0/s1. The van der Waals surface area contributed by atoms with E-state index < -0.39 is 50.3 Å². The minimum absolute atomic E-state index is 0.0916. The van der Waals surface area contributed by atoms with Crippen molar-refractivity contribution in [2.45, 2.75) is 63.1 Å². The predicted molar refractivity (Wildman–Crippen MR) is 146 cm³/mol. The third kappa shape index (κ3) is 5.92. The number of fused-ring (bicyclic) bond motifs is 1. The molecular formula is C26H33N6O8P. The van der Waals surface area contributed by atoms with Gasteiger partial charge in [-0.15, -0.1) is 0 Å². The quantitative estimate of drug-likeness (QED) is 0.208. The van der Waals surface area contributed by atoms with E-state index in [1.54, 1.807) is 18.2 Å². The Hall–Kier alpha value is -3.57. The summed E-state index contributed by atoms with van der Waals surface area (Å²) in [5, 5.41) is 38.5. The van der Waals surface area contributed by atoms with Crippen LogP contribution in [-0.2, 0) is 34.4 Å². The van der Waals surface area contributed by atoms with Crippen LogP contribution in [-0.4, -0.2) is 68.9 Å². The molecule has 3 heterocycles. The van der Waals surface area contributed by atoms with Gasteiger partial charge in [-0.25, -0.2) is 14.1 Å². The van der Waals surface area contributed by atoms with Gasteiger partial charge in [-0.2, -0.15) is 15.4 Å². The molecule has 41 heavy (non-hydrogen) atoms. The van der Waals surface area contributed by atoms with Crippen LogP contribution in [0.25, 0.3) is 5.52 Å². The van der Waals surface area contributed by atoms with Crippen molar-refractivity contribution >= 4 is 25.1 Å². The maximum absolute atomic E-state index is 13.8. The van der Waals surface area contributed by atoms with Crippen LogP contribution in [0.3, 0.4) is 0 Å². The lowest BCUT2D eigenvalue weighted by atomic mass is 9.87. The van der Waals surface area contributed by atoms with E-state index in [0.29, 0.717) is 5.52 Å². The van der Waals surface area contributed by atoms with Crippen molar-refractivity contribution in [1.29, 1.82) is 5.26 Å². The first-order valence-electron chi connectivity index (χ1n) is 12.7. The number of nitriles is 1. The van der Waals surface area contributed by atoms with Gasteiger partial charge in [0.2, 0.25) is 5.60 Å². The first kappa shape index (κ1) is 30.4. The van der Waals surface area contributed by atoms with E-state index in [0.717, 1.165) is 5.56 Å². The van der Waals surface area contributed by atoms with Gasteiger partial charge in [-0.3, -0.25) is 9.32 Å². The molecule has 0 saturated carbocycles. The highest BCUT2D eigenvalue weighted by molar-refractivity contribution is 7.52. The Balaban J connectivity index is 1.59. The fourth-order valence-electron chi connectivity index (χ4n) is 4.43. The Morgan fingerprint density at radius 2 is 1.98 bits per heavy atom. The van der Waals surface area contributed by atoms with Gasteiger partial charge in [0.15, 0.2) is 5.82 Å². The highest BCUT2D eigenvalue weighted by Crippen LogP contribution is 2.47. The first-order valence-corrected chi connectivity index (χ1v) is 14.2. The molecule has 1 saturated heterocycles. The molecule has 0 radical (unpaired) electrons. The van der Waals surface area contributed by atoms with Crippen LogP contribution in [0, 0.1) is 11.3 Å². The Kier molecular flexibility index (Phi) is 8.42. The summed E-state index contributed by atoms with van der Waals surface area (Å²) in [6.45, 7) is 6.93. The molecule has 0 spiro atoms. The Bertz CT molecular complexity index is 1500. The summed E-state index contributed by atoms with van der Waals surface area (Å²) < 4.78 is 37.0. The zero-order chi connectivity index (χ0) is 30.2. The molecular weight excluding hydrogens is 555 g/mol. The molecule has 2 aromatic heterocycles. The van der Waals surface area contributed by atoms with Gasteiger partial charge in [0.05, 0.1) is 19.4 Å². The average molecular weight is 589 g/mol. The number of aliphatic hydroxyl groups is 2. The largest absolute Gasteiger partial charge is 0.468 e. The van der Waals surface area contributed by atoms with Crippen LogP contribution >= 0.6 is 7.75 Å². The monoisotopic (exact) mass is 588 g/mol.